The van der Waals surface area contributed by atoms with E-state index in [-0.39, 0.29) is 6.04 Å². The second kappa shape index (κ2) is 12.3. The zero-order chi connectivity index (χ0) is 23.7. The second-order valence-corrected chi connectivity index (χ2v) is 8.67. The molecule has 1 unspecified atom stereocenters. The quantitative estimate of drug-likeness (QED) is 0.384. The van der Waals surface area contributed by atoms with Crippen LogP contribution in [0.5, 0.6) is 0 Å². The van der Waals surface area contributed by atoms with E-state index in [1.165, 1.54) is 22.3 Å². The average molecular weight is 434 g/mol. The molecule has 1 atom stereocenters. The first-order valence-corrected chi connectivity index (χ1v) is 11.7. The number of allylic oxidation sites excluding steroid dienone is 4. The monoisotopic (exact) mass is 433 g/mol. The Morgan fingerprint density at radius 2 is 2.00 bits per heavy atom. The maximum Gasteiger partial charge on any atom is 0.101 e. The minimum absolute atomic E-state index is 0.280. The third-order valence-electron chi connectivity index (χ3n) is 5.96. The number of hydrogen-bond donors (Lipinski definition) is 3. The van der Waals surface area contributed by atoms with Gasteiger partial charge >= 0.3 is 0 Å². The third kappa shape index (κ3) is 6.58. The Kier molecular flexibility index (Phi) is 9.74. The van der Waals surface area contributed by atoms with E-state index in [0.29, 0.717) is 6.54 Å². The lowest BCUT2D eigenvalue weighted by Gasteiger charge is -2.22. The summed E-state index contributed by atoms with van der Waals surface area (Å²) in [6, 6.07) is 8.75. The zero-order valence-electron chi connectivity index (χ0n) is 20.7. The van der Waals surface area contributed by atoms with Gasteiger partial charge in [-0.2, -0.15) is 5.26 Å². The van der Waals surface area contributed by atoms with Crippen molar-refractivity contribution in [2.75, 3.05) is 18.4 Å². The van der Waals surface area contributed by atoms with E-state index in [1.54, 1.807) is 0 Å². The molecule has 32 heavy (non-hydrogen) atoms. The molecule has 0 saturated carbocycles. The number of benzene rings is 1. The molecule has 2 rings (SSSR count). The van der Waals surface area contributed by atoms with Crippen molar-refractivity contribution in [1.29, 1.82) is 5.26 Å². The number of nitrogens with one attached hydrogen (secondary N) is 3. The number of aliphatic imine (C=N–C) groups is 1. The van der Waals surface area contributed by atoms with Crippen molar-refractivity contribution in [3.05, 3.63) is 63.9 Å². The summed E-state index contributed by atoms with van der Waals surface area (Å²) >= 11 is 0. The normalized spacial score (nSPS) is 15.1. The summed E-state index contributed by atoms with van der Waals surface area (Å²) < 4.78 is 0. The number of aryl methyl sites for hydroxylation is 1. The Morgan fingerprint density at radius 3 is 2.62 bits per heavy atom. The van der Waals surface area contributed by atoms with Gasteiger partial charge in [0.05, 0.1) is 29.2 Å². The van der Waals surface area contributed by atoms with Crippen molar-refractivity contribution in [3.8, 4) is 6.07 Å². The molecule has 3 N–H and O–H groups in total. The molecule has 1 aromatic carbocycles. The Labute approximate surface area is 194 Å². The topological polar surface area (TPSA) is 72.2 Å². The van der Waals surface area contributed by atoms with E-state index in [9.17, 15) is 5.26 Å². The molecule has 0 bridgehead atoms. The van der Waals surface area contributed by atoms with Gasteiger partial charge in [0.15, 0.2) is 0 Å². The number of nitriles is 1. The first-order valence-electron chi connectivity index (χ1n) is 11.7. The molecule has 1 heterocycles. The molecule has 1 aliphatic rings. The van der Waals surface area contributed by atoms with Gasteiger partial charge in [0.1, 0.15) is 6.07 Å². The lowest BCUT2D eigenvalue weighted by atomic mass is 9.94. The third-order valence-corrected chi connectivity index (χ3v) is 5.96. The highest BCUT2D eigenvalue weighted by atomic mass is 15.4. The Balaban J connectivity index is 2.01. The predicted octanol–water partition coefficient (Wildman–Crippen LogP) is 5.83. The van der Waals surface area contributed by atoms with Gasteiger partial charge in [-0.3, -0.25) is 4.99 Å². The van der Waals surface area contributed by atoms with E-state index in [2.05, 4.69) is 76.4 Å². The van der Waals surface area contributed by atoms with Gasteiger partial charge in [-0.05, 0) is 81.4 Å². The summed E-state index contributed by atoms with van der Waals surface area (Å²) in [4.78, 5) is 4.73. The second-order valence-electron chi connectivity index (χ2n) is 8.67. The van der Waals surface area contributed by atoms with Crippen LogP contribution >= 0.6 is 0 Å². The molecule has 1 aromatic rings. The van der Waals surface area contributed by atoms with Gasteiger partial charge in [0, 0.05) is 12.6 Å². The minimum atomic E-state index is 0.280. The van der Waals surface area contributed by atoms with E-state index in [0.717, 1.165) is 60.5 Å². The van der Waals surface area contributed by atoms with Gasteiger partial charge in [-0.25, -0.2) is 5.43 Å². The van der Waals surface area contributed by atoms with E-state index < -0.39 is 0 Å². The molecule has 172 valence electrons. The molecule has 0 saturated heterocycles. The van der Waals surface area contributed by atoms with Crippen LogP contribution in [0.4, 0.5) is 5.69 Å². The number of anilines is 1. The largest absolute Gasteiger partial charge is 0.384 e. The minimum Gasteiger partial charge on any atom is -0.384 e. The number of hydrogen-bond acceptors (Lipinski definition) is 5. The molecule has 5 heteroatoms. The lowest BCUT2D eigenvalue weighted by Crippen LogP contribution is -2.42. The van der Waals surface area contributed by atoms with Crippen LogP contribution in [-0.2, 0) is 6.42 Å². The van der Waals surface area contributed by atoms with Crippen molar-refractivity contribution in [2.24, 2.45) is 4.99 Å². The van der Waals surface area contributed by atoms with Gasteiger partial charge in [-0.15, -0.1) is 0 Å². The Morgan fingerprint density at radius 1 is 1.25 bits per heavy atom. The van der Waals surface area contributed by atoms with Crippen LogP contribution in [0.3, 0.4) is 0 Å². The smallest absolute Gasteiger partial charge is 0.101 e. The highest BCUT2D eigenvalue weighted by Gasteiger charge is 2.17. The molecule has 5 nitrogen and oxygen atoms in total. The maximum absolute atomic E-state index is 9.51. The average Bonchev–Trinajstić information content (AvgIpc) is 2.87. The first kappa shape index (κ1) is 25.4. The number of rotatable bonds is 11. The molecular weight excluding hydrogens is 394 g/mol. The van der Waals surface area contributed by atoms with Crippen molar-refractivity contribution < 1.29 is 0 Å². The van der Waals surface area contributed by atoms with Gasteiger partial charge in [0.25, 0.3) is 0 Å². The molecule has 0 aliphatic carbocycles. The van der Waals surface area contributed by atoms with Gasteiger partial charge in [-0.1, -0.05) is 38.5 Å². The summed E-state index contributed by atoms with van der Waals surface area (Å²) in [5, 5.41) is 13.0. The summed E-state index contributed by atoms with van der Waals surface area (Å²) in [5.74, 6) is 0. The van der Waals surface area contributed by atoms with Crippen LogP contribution in [-0.4, -0.2) is 24.8 Å². The fraction of sp³-hybridized carbons (Fsp3) is 0.481. The van der Waals surface area contributed by atoms with E-state index >= 15 is 0 Å². The van der Waals surface area contributed by atoms with Crippen LogP contribution < -0.4 is 16.2 Å². The van der Waals surface area contributed by atoms with Crippen molar-refractivity contribution in [3.63, 3.8) is 0 Å². The van der Waals surface area contributed by atoms with Crippen LogP contribution in [0, 0.1) is 11.3 Å². The zero-order valence-corrected chi connectivity index (χ0v) is 20.7. The molecule has 0 fully saturated rings. The Bertz CT molecular complexity index is 959. The molecule has 1 aliphatic heterocycles. The van der Waals surface area contributed by atoms with E-state index in [4.69, 9.17) is 4.99 Å². The van der Waals surface area contributed by atoms with Crippen LogP contribution in [0.25, 0.3) is 0 Å². The van der Waals surface area contributed by atoms with Crippen molar-refractivity contribution in [2.45, 2.75) is 73.3 Å². The summed E-state index contributed by atoms with van der Waals surface area (Å²) in [7, 11) is 0. The first-order chi connectivity index (χ1) is 15.3. The number of nitrogens with zero attached hydrogens (tertiary/aromatic N) is 2. The summed E-state index contributed by atoms with van der Waals surface area (Å²) in [6.45, 7) is 18.4. The van der Waals surface area contributed by atoms with Crippen LogP contribution in [0.1, 0.15) is 71.9 Å². The Hall–Kier alpha value is -2.84. The molecule has 0 amide bonds. The highest BCUT2D eigenvalue weighted by molar-refractivity contribution is 5.99. The molecule has 0 aromatic heterocycles. The lowest BCUT2D eigenvalue weighted by molar-refractivity contribution is 0.439. The SMILES string of the molecule is C=C(C)C1=C(C)CN=C(C)C(NNC(CC)CCNc2ccc(CCC)cc2C#N)=C1C. The standard InChI is InChI=1S/C27H39N5/c1-8-10-22-11-12-25(23(15-22)16-28)29-14-13-24(9-2)31-32-27-20(6)26(18(3)4)19(5)17-30-21(27)7/h11-12,15,24,29,31-32H,3,8-10,13-14,17H2,1-2,4-7H3. The fourth-order valence-electron chi connectivity index (χ4n) is 4.20. The fourth-order valence-corrected chi connectivity index (χ4v) is 4.20. The molecule has 0 radical (unpaired) electrons. The highest BCUT2D eigenvalue weighted by Crippen LogP contribution is 2.26. The molecular formula is C27H39N5. The van der Waals surface area contributed by atoms with Crippen LogP contribution in [0.15, 0.2) is 57.8 Å². The van der Waals surface area contributed by atoms with E-state index in [1.807, 2.05) is 12.1 Å². The van der Waals surface area contributed by atoms with Gasteiger partial charge in [0.2, 0.25) is 0 Å². The van der Waals surface area contributed by atoms with Crippen molar-refractivity contribution in [1.82, 2.24) is 10.9 Å². The predicted molar refractivity (Wildman–Crippen MR) is 137 cm³/mol. The van der Waals surface area contributed by atoms with Crippen LogP contribution in [0.2, 0.25) is 0 Å². The summed E-state index contributed by atoms with van der Waals surface area (Å²) in [6.07, 6.45) is 4.00. The maximum atomic E-state index is 9.51. The van der Waals surface area contributed by atoms with Crippen molar-refractivity contribution >= 4 is 11.4 Å². The summed E-state index contributed by atoms with van der Waals surface area (Å²) in [5.41, 5.74) is 16.5. The molecule has 0 spiro atoms. The van der Waals surface area contributed by atoms with Gasteiger partial charge < -0.3 is 10.7 Å². The number of hydrazine groups is 1.